The Labute approximate surface area is 92.2 Å². The summed E-state index contributed by atoms with van der Waals surface area (Å²) in [5.74, 6) is 0. The highest BCUT2D eigenvalue weighted by Gasteiger charge is 1.90. The van der Waals surface area contributed by atoms with Crippen molar-refractivity contribution in [3.05, 3.63) is 42.1 Å². The molecule has 0 saturated carbocycles. The van der Waals surface area contributed by atoms with Crippen LogP contribution >= 0.6 is 0 Å². The molecule has 1 aromatic carbocycles. The predicted octanol–water partition coefficient (Wildman–Crippen LogP) is 4.35. The third kappa shape index (κ3) is 3.70. The number of fused-ring (bicyclic) bond motifs is 1. The van der Waals surface area contributed by atoms with Crippen molar-refractivity contribution in [1.29, 1.82) is 0 Å². The van der Waals surface area contributed by atoms with Crippen molar-refractivity contribution >= 4 is 10.9 Å². The number of benzene rings is 1. The van der Waals surface area contributed by atoms with Gasteiger partial charge in [0, 0.05) is 11.1 Å². The number of nitrogens with zero attached hydrogens (tertiary/aromatic N) is 1. The summed E-state index contributed by atoms with van der Waals surface area (Å²) in [6.45, 7) is 6.37. The van der Waals surface area contributed by atoms with Gasteiger partial charge in [-0.15, -0.1) is 0 Å². The molecule has 0 unspecified atom stereocenters. The molecule has 0 atom stereocenters. The van der Waals surface area contributed by atoms with Gasteiger partial charge in [0.2, 0.25) is 0 Å². The highest BCUT2D eigenvalue weighted by molar-refractivity contribution is 5.78. The van der Waals surface area contributed by atoms with Crippen molar-refractivity contribution < 1.29 is 0 Å². The van der Waals surface area contributed by atoms with Crippen molar-refractivity contribution in [2.45, 2.75) is 33.6 Å². The molecular weight excluding hydrogens is 182 g/mol. The molecule has 0 aliphatic carbocycles. The highest BCUT2D eigenvalue weighted by Crippen LogP contribution is 2.10. The summed E-state index contributed by atoms with van der Waals surface area (Å²) in [5, 5.41) is 1.21. The van der Waals surface area contributed by atoms with Gasteiger partial charge in [0.1, 0.15) is 0 Å². The van der Waals surface area contributed by atoms with Gasteiger partial charge in [-0.2, -0.15) is 0 Å². The molecule has 15 heavy (non-hydrogen) atoms. The van der Waals surface area contributed by atoms with Crippen LogP contribution in [0.4, 0.5) is 0 Å². The number of aryl methyl sites for hydroxylation is 1. The molecule has 80 valence electrons. The van der Waals surface area contributed by atoms with E-state index in [0.29, 0.717) is 0 Å². The minimum Gasteiger partial charge on any atom is -0.253 e. The van der Waals surface area contributed by atoms with E-state index < -0.39 is 0 Å². The SMILES string of the molecule is CCCC.Cc1ccc2ccccc2n1. The quantitative estimate of drug-likeness (QED) is 0.668. The monoisotopic (exact) mass is 201 g/mol. The van der Waals surface area contributed by atoms with Gasteiger partial charge in [0.05, 0.1) is 5.52 Å². The molecule has 0 radical (unpaired) electrons. The minimum absolute atomic E-state index is 1.07. The summed E-state index contributed by atoms with van der Waals surface area (Å²) in [6.07, 6.45) is 2.64. The second-order valence-corrected chi connectivity index (χ2v) is 3.65. The zero-order chi connectivity index (χ0) is 11.1. The predicted molar refractivity (Wildman–Crippen MR) is 67.1 cm³/mol. The first-order valence-corrected chi connectivity index (χ1v) is 5.60. The molecule has 0 saturated heterocycles. The maximum atomic E-state index is 4.38. The van der Waals surface area contributed by atoms with Crippen molar-refractivity contribution in [3.63, 3.8) is 0 Å². The molecule has 0 spiro atoms. The summed E-state index contributed by atoms with van der Waals surface area (Å²) >= 11 is 0. The number of aromatic nitrogens is 1. The van der Waals surface area contributed by atoms with Gasteiger partial charge in [-0.05, 0) is 19.1 Å². The van der Waals surface area contributed by atoms with Crippen LogP contribution in [0, 0.1) is 6.92 Å². The van der Waals surface area contributed by atoms with Crippen LogP contribution in [0.2, 0.25) is 0 Å². The molecule has 1 nitrogen and oxygen atoms in total. The van der Waals surface area contributed by atoms with Crippen LogP contribution in [0.25, 0.3) is 10.9 Å². The van der Waals surface area contributed by atoms with E-state index in [4.69, 9.17) is 0 Å². The summed E-state index contributed by atoms with van der Waals surface area (Å²) < 4.78 is 0. The lowest BCUT2D eigenvalue weighted by Crippen LogP contribution is -1.80. The van der Waals surface area contributed by atoms with E-state index >= 15 is 0 Å². The Kier molecular flexibility index (Phi) is 4.82. The van der Waals surface area contributed by atoms with Crippen molar-refractivity contribution in [2.75, 3.05) is 0 Å². The largest absolute Gasteiger partial charge is 0.253 e. The molecular formula is C14H19N. The fourth-order valence-corrected chi connectivity index (χ4v) is 1.17. The van der Waals surface area contributed by atoms with E-state index in [1.165, 1.54) is 18.2 Å². The molecule has 0 fully saturated rings. The molecule has 1 aromatic heterocycles. The normalized spacial score (nSPS) is 9.53. The lowest BCUT2D eigenvalue weighted by atomic mass is 10.2. The van der Waals surface area contributed by atoms with Gasteiger partial charge >= 0.3 is 0 Å². The molecule has 0 aliphatic heterocycles. The first kappa shape index (κ1) is 11.7. The Morgan fingerprint density at radius 2 is 1.60 bits per heavy atom. The maximum absolute atomic E-state index is 4.38. The highest BCUT2D eigenvalue weighted by atomic mass is 14.7. The number of pyridine rings is 1. The van der Waals surface area contributed by atoms with Crippen LogP contribution in [0.1, 0.15) is 32.4 Å². The van der Waals surface area contributed by atoms with E-state index in [1.54, 1.807) is 0 Å². The van der Waals surface area contributed by atoms with Crippen LogP contribution in [-0.4, -0.2) is 4.98 Å². The van der Waals surface area contributed by atoms with Gasteiger partial charge in [0.25, 0.3) is 0 Å². The second-order valence-electron chi connectivity index (χ2n) is 3.65. The fraction of sp³-hybridized carbons (Fsp3) is 0.357. The Morgan fingerprint density at radius 1 is 0.933 bits per heavy atom. The molecule has 2 aromatic rings. The summed E-state index contributed by atoms with van der Waals surface area (Å²) in [5.41, 5.74) is 2.15. The van der Waals surface area contributed by atoms with E-state index in [9.17, 15) is 0 Å². The Morgan fingerprint density at radius 3 is 2.27 bits per heavy atom. The van der Waals surface area contributed by atoms with Gasteiger partial charge < -0.3 is 0 Å². The van der Waals surface area contributed by atoms with E-state index in [1.807, 2.05) is 31.2 Å². The summed E-state index contributed by atoms with van der Waals surface area (Å²) in [6, 6.07) is 12.3. The van der Waals surface area contributed by atoms with Crippen molar-refractivity contribution in [3.8, 4) is 0 Å². The van der Waals surface area contributed by atoms with Gasteiger partial charge in [-0.3, -0.25) is 4.98 Å². The van der Waals surface area contributed by atoms with E-state index in [-0.39, 0.29) is 0 Å². The molecule has 1 heteroatoms. The zero-order valence-electron chi connectivity index (χ0n) is 9.83. The first-order chi connectivity index (χ1) is 7.27. The average Bonchev–Trinajstić information content (AvgIpc) is 2.29. The smallest absolute Gasteiger partial charge is 0.0705 e. The Hall–Kier alpha value is -1.37. The molecule has 0 aliphatic rings. The second kappa shape index (κ2) is 6.18. The topological polar surface area (TPSA) is 12.9 Å². The lowest BCUT2D eigenvalue weighted by Gasteiger charge is -1.95. The minimum atomic E-state index is 1.07. The number of hydrogen-bond donors (Lipinski definition) is 0. The number of rotatable bonds is 1. The molecule has 1 heterocycles. The van der Waals surface area contributed by atoms with E-state index in [2.05, 4.69) is 31.0 Å². The first-order valence-electron chi connectivity index (χ1n) is 5.60. The maximum Gasteiger partial charge on any atom is 0.0705 e. The van der Waals surface area contributed by atoms with Crippen molar-refractivity contribution in [1.82, 2.24) is 4.98 Å². The Bertz CT molecular complexity index is 405. The third-order valence-electron chi connectivity index (χ3n) is 2.24. The number of hydrogen-bond acceptors (Lipinski definition) is 1. The van der Waals surface area contributed by atoms with E-state index in [0.717, 1.165) is 11.2 Å². The van der Waals surface area contributed by atoms with Crippen molar-refractivity contribution in [2.24, 2.45) is 0 Å². The molecule has 2 rings (SSSR count). The third-order valence-corrected chi connectivity index (χ3v) is 2.24. The fourth-order valence-electron chi connectivity index (χ4n) is 1.17. The zero-order valence-corrected chi connectivity index (χ0v) is 9.83. The number of para-hydroxylation sites is 1. The van der Waals surface area contributed by atoms with Gasteiger partial charge in [-0.1, -0.05) is 51.0 Å². The van der Waals surface area contributed by atoms with Crippen LogP contribution in [0.5, 0.6) is 0 Å². The lowest BCUT2D eigenvalue weighted by molar-refractivity contribution is 0.886. The van der Waals surface area contributed by atoms with Crippen LogP contribution in [0.3, 0.4) is 0 Å². The van der Waals surface area contributed by atoms with Crippen LogP contribution < -0.4 is 0 Å². The molecule has 0 bridgehead atoms. The van der Waals surface area contributed by atoms with Gasteiger partial charge in [0.15, 0.2) is 0 Å². The molecule has 0 N–H and O–H groups in total. The number of unbranched alkanes of at least 4 members (excludes halogenated alkanes) is 1. The van der Waals surface area contributed by atoms with Gasteiger partial charge in [-0.25, -0.2) is 0 Å². The van der Waals surface area contributed by atoms with Crippen LogP contribution in [0.15, 0.2) is 36.4 Å². The Balaban J connectivity index is 0.000000245. The summed E-state index contributed by atoms with van der Waals surface area (Å²) in [4.78, 5) is 4.38. The van der Waals surface area contributed by atoms with Crippen LogP contribution in [-0.2, 0) is 0 Å². The molecule has 0 amide bonds. The average molecular weight is 201 g/mol. The summed E-state index contributed by atoms with van der Waals surface area (Å²) in [7, 11) is 0. The standard InChI is InChI=1S/C10H9N.C4H10/c1-8-6-7-9-4-2-3-5-10(9)11-8;1-3-4-2/h2-7H,1H3;3-4H2,1-2H3.